The molecule has 0 aromatic heterocycles. The number of esters is 1. The smallest absolute Gasteiger partial charge is 0.472 e. The lowest BCUT2D eigenvalue weighted by Crippen LogP contribution is -2.34. The molecule has 0 fully saturated rings. The SMILES string of the molecule is CC/C=C\C/C=C\C/C=C\CCCCCCOCC(COP(=O)(O)OCC(N)C(=O)O)OC(=O)CCCCCCCCCC/C=C\C/C=C\C/C=C\CCCCCCC. The molecule has 0 amide bonds. The van der Waals surface area contributed by atoms with Gasteiger partial charge in [0.15, 0.2) is 0 Å². The molecule has 0 aliphatic carbocycles. The van der Waals surface area contributed by atoms with Crippen LogP contribution in [-0.2, 0) is 32.7 Å². The number of allylic oxidation sites excluding steroid dienone is 12. The molecule has 3 atom stereocenters. The van der Waals surface area contributed by atoms with E-state index in [9.17, 15) is 19.0 Å². The first-order valence-corrected chi connectivity index (χ1v) is 24.5. The van der Waals surface area contributed by atoms with E-state index in [0.29, 0.717) is 13.0 Å². The molecular formula is C48H84NO9P. The van der Waals surface area contributed by atoms with Gasteiger partial charge in [-0.1, -0.05) is 164 Å². The second-order valence-corrected chi connectivity index (χ2v) is 16.6. The van der Waals surface area contributed by atoms with Crippen molar-refractivity contribution in [3.05, 3.63) is 72.9 Å². The zero-order valence-corrected chi connectivity index (χ0v) is 38.0. The van der Waals surface area contributed by atoms with Gasteiger partial charge in [-0.2, -0.15) is 0 Å². The standard InChI is InChI=1S/C48H84NO9P/c1-3-5-7-9-11-13-15-17-19-20-21-22-23-24-25-26-27-28-30-32-34-36-38-40-47(50)58-45(43-56-59(53,54)57-44-46(49)48(51)52)42-55-41-39-37-35-33-31-29-18-16-14-12-10-8-6-4-2/h6,8,12,14-15,17-18,20-21,23-24,29,45-46H,3-5,7,9-11,13,16,19,22,25-28,30-44,49H2,1-2H3,(H,51,52)(H,53,54)/b8-6-,14-12-,17-15-,21-20-,24-23-,29-18-. The third kappa shape index (κ3) is 43.3. The summed E-state index contributed by atoms with van der Waals surface area (Å²) in [5.41, 5.74) is 5.36. The topological polar surface area (TPSA) is 155 Å². The minimum Gasteiger partial charge on any atom is -0.480 e. The summed E-state index contributed by atoms with van der Waals surface area (Å²) in [4.78, 5) is 33.6. The van der Waals surface area contributed by atoms with Crippen molar-refractivity contribution in [2.45, 2.75) is 193 Å². The minimum absolute atomic E-state index is 0.00503. The van der Waals surface area contributed by atoms with Crippen molar-refractivity contribution in [3.8, 4) is 0 Å². The number of phosphoric acid groups is 1. The number of hydrogen-bond donors (Lipinski definition) is 3. The Kier molecular flexibility index (Phi) is 41.6. The van der Waals surface area contributed by atoms with Crippen LogP contribution >= 0.6 is 7.82 Å². The fourth-order valence-corrected chi connectivity index (χ4v) is 6.70. The highest BCUT2D eigenvalue weighted by atomic mass is 31.2. The summed E-state index contributed by atoms with van der Waals surface area (Å²) >= 11 is 0. The molecule has 4 N–H and O–H groups in total. The van der Waals surface area contributed by atoms with Crippen molar-refractivity contribution in [2.24, 2.45) is 5.73 Å². The largest absolute Gasteiger partial charge is 0.480 e. The highest BCUT2D eigenvalue weighted by molar-refractivity contribution is 7.47. The summed E-state index contributed by atoms with van der Waals surface area (Å²) in [5, 5.41) is 8.90. The van der Waals surface area contributed by atoms with Crippen LogP contribution in [0.1, 0.15) is 181 Å². The molecule has 0 spiro atoms. The predicted octanol–water partition coefficient (Wildman–Crippen LogP) is 13.0. The van der Waals surface area contributed by atoms with Gasteiger partial charge in [-0.25, -0.2) is 4.57 Å². The zero-order valence-electron chi connectivity index (χ0n) is 37.1. The molecule has 59 heavy (non-hydrogen) atoms. The third-order valence-electron chi connectivity index (χ3n) is 9.47. The Morgan fingerprint density at radius 3 is 1.47 bits per heavy atom. The summed E-state index contributed by atoms with van der Waals surface area (Å²) in [6, 6.07) is -1.48. The Balaban J connectivity index is 4.23. The van der Waals surface area contributed by atoms with Crippen molar-refractivity contribution in [1.29, 1.82) is 0 Å². The Bertz CT molecular complexity index is 1210. The van der Waals surface area contributed by atoms with Crippen molar-refractivity contribution < 1.29 is 42.7 Å². The van der Waals surface area contributed by atoms with Crippen LogP contribution in [0.4, 0.5) is 0 Å². The fourth-order valence-electron chi connectivity index (χ4n) is 5.92. The summed E-state index contributed by atoms with van der Waals surface area (Å²) in [7, 11) is -4.63. The van der Waals surface area contributed by atoms with Gasteiger partial charge >= 0.3 is 19.8 Å². The maximum absolute atomic E-state index is 12.7. The number of ether oxygens (including phenoxy) is 2. The van der Waals surface area contributed by atoms with Gasteiger partial charge in [0.1, 0.15) is 12.1 Å². The predicted molar refractivity (Wildman–Crippen MR) is 244 cm³/mol. The number of carboxylic acids is 1. The van der Waals surface area contributed by atoms with Gasteiger partial charge in [0.2, 0.25) is 0 Å². The first-order valence-electron chi connectivity index (χ1n) is 23.0. The molecule has 0 radical (unpaired) electrons. The van der Waals surface area contributed by atoms with E-state index in [0.717, 1.165) is 89.9 Å². The fraction of sp³-hybridized carbons (Fsp3) is 0.708. The monoisotopic (exact) mass is 850 g/mol. The number of carboxylic acid groups (broad SMARTS) is 1. The van der Waals surface area contributed by atoms with Gasteiger partial charge < -0.3 is 25.2 Å². The van der Waals surface area contributed by atoms with Crippen LogP contribution in [0.2, 0.25) is 0 Å². The van der Waals surface area contributed by atoms with Crippen LogP contribution in [0.3, 0.4) is 0 Å². The molecular weight excluding hydrogens is 765 g/mol. The van der Waals surface area contributed by atoms with Crippen molar-refractivity contribution in [1.82, 2.24) is 0 Å². The molecule has 0 aliphatic heterocycles. The molecule has 0 aromatic rings. The van der Waals surface area contributed by atoms with Crippen LogP contribution in [0, 0.1) is 0 Å². The van der Waals surface area contributed by atoms with E-state index in [1.54, 1.807) is 0 Å². The Hall–Kier alpha value is -2.59. The van der Waals surface area contributed by atoms with Crippen molar-refractivity contribution in [3.63, 3.8) is 0 Å². The minimum atomic E-state index is -4.63. The Morgan fingerprint density at radius 1 is 0.559 bits per heavy atom. The number of phosphoric ester groups is 1. The summed E-state index contributed by atoms with van der Waals surface area (Å²) in [5.74, 6) is -1.80. The molecule has 0 rings (SSSR count). The lowest BCUT2D eigenvalue weighted by molar-refractivity contribution is -0.154. The molecule has 0 aliphatic rings. The molecule has 11 heteroatoms. The van der Waals surface area contributed by atoms with Gasteiger partial charge in [-0.05, 0) is 83.5 Å². The van der Waals surface area contributed by atoms with Crippen molar-refractivity contribution in [2.75, 3.05) is 26.4 Å². The second kappa shape index (κ2) is 43.5. The van der Waals surface area contributed by atoms with Gasteiger partial charge in [0.05, 0.1) is 19.8 Å². The number of rotatable bonds is 43. The molecule has 0 saturated heterocycles. The van der Waals surface area contributed by atoms with E-state index < -0.39 is 45.1 Å². The zero-order chi connectivity index (χ0) is 43.3. The highest BCUT2D eigenvalue weighted by Crippen LogP contribution is 2.43. The second-order valence-electron chi connectivity index (χ2n) is 15.1. The van der Waals surface area contributed by atoms with E-state index in [1.165, 1.54) is 64.2 Å². The lowest BCUT2D eigenvalue weighted by Gasteiger charge is -2.20. The summed E-state index contributed by atoms with van der Waals surface area (Å²) in [6.07, 6.45) is 53.9. The maximum atomic E-state index is 12.7. The Labute approximate surface area is 359 Å². The first kappa shape index (κ1) is 56.4. The van der Waals surface area contributed by atoms with Crippen LogP contribution in [0.5, 0.6) is 0 Å². The number of hydrogen-bond acceptors (Lipinski definition) is 8. The summed E-state index contributed by atoms with van der Waals surface area (Å²) < 4.78 is 33.3. The number of nitrogens with two attached hydrogens (primary N) is 1. The Morgan fingerprint density at radius 2 is 0.983 bits per heavy atom. The van der Waals surface area contributed by atoms with E-state index in [2.05, 4.69) is 86.8 Å². The van der Waals surface area contributed by atoms with Gasteiger partial charge in [0.25, 0.3) is 0 Å². The molecule has 0 heterocycles. The molecule has 0 aromatic carbocycles. The normalized spacial score (nSPS) is 14.5. The summed E-state index contributed by atoms with van der Waals surface area (Å²) in [6.45, 7) is 3.68. The average molecular weight is 850 g/mol. The first-order chi connectivity index (χ1) is 28.7. The maximum Gasteiger partial charge on any atom is 0.472 e. The quantitative estimate of drug-likeness (QED) is 0.0234. The third-order valence-corrected chi connectivity index (χ3v) is 10.4. The molecule has 0 bridgehead atoms. The van der Waals surface area contributed by atoms with Gasteiger partial charge in [0, 0.05) is 13.0 Å². The van der Waals surface area contributed by atoms with E-state index in [-0.39, 0.29) is 13.0 Å². The van der Waals surface area contributed by atoms with Gasteiger partial charge in [-0.3, -0.25) is 18.6 Å². The van der Waals surface area contributed by atoms with Crippen molar-refractivity contribution >= 4 is 19.8 Å². The molecule has 3 unspecified atom stereocenters. The van der Waals surface area contributed by atoms with Crippen LogP contribution in [0.15, 0.2) is 72.9 Å². The molecule has 0 saturated carbocycles. The van der Waals surface area contributed by atoms with Crippen LogP contribution in [0.25, 0.3) is 0 Å². The molecule has 10 nitrogen and oxygen atoms in total. The van der Waals surface area contributed by atoms with Gasteiger partial charge in [-0.15, -0.1) is 0 Å². The van der Waals surface area contributed by atoms with Crippen LogP contribution in [-0.4, -0.2) is 60.5 Å². The van der Waals surface area contributed by atoms with E-state index in [4.69, 9.17) is 29.4 Å². The lowest BCUT2D eigenvalue weighted by atomic mass is 10.1. The van der Waals surface area contributed by atoms with E-state index in [1.807, 2.05) is 0 Å². The number of unbranched alkanes of at least 4 members (excludes halogenated alkanes) is 17. The van der Waals surface area contributed by atoms with E-state index >= 15 is 0 Å². The molecule has 340 valence electrons. The number of carbonyl (C=O) groups excluding carboxylic acids is 1. The average Bonchev–Trinajstić information content (AvgIpc) is 3.21. The highest BCUT2D eigenvalue weighted by Gasteiger charge is 2.27. The number of aliphatic carboxylic acids is 1. The number of carbonyl (C=O) groups is 2. The van der Waals surface area contributed by atoms with Crippen LogP contribution < -0.4 is 5.73 Å².